The lowest BCUT2D eigenvalue weighted by atomic mass is 9.88. The second-order valence-corrected chi connectivity index (χ2v) is 7.30. The van der Waals surface area contributed by atoms with Gasteiger partial charge in [0.25, 0.3) is 6.43 Å². The van der Waals surface area contributed by atoms with Crippen LogP contribution in [0.1, 0.15) is 24.5 Å². The van der Waals surface area contributed by atoms with E-state index in [9.17, 15) is 13.9 Å². The number of nitrogen functional groups attached to an aromatic ring is 1. The molecular formula is C21H22F2N6O. The highest BCUT2D eigenvalue weighted by atomic mass is 19.3. The number of alkyl halides is 2. The van der Waals surface area contributed by atoms with Gasteiger partial charge in [-0.05, 0) is 36.6 Å². The van der Waals surface area contributed by atoms with E-state index < -0.39 is 12.0 Å². The van der Waals surface area contributed by atoms with Crippen LogP contribution in [-0.4, -0.2) is 35.7 Å². The van der Waals surface area contributed by atoms with Crippen LogP contribution in [0.4, 0.5) is 14.6 Å². The zero-order valence-corrected chi connectivity index (χ0v) is 16.8. The van der Waals surface area contributed by atoms with E-state index in [4.69, 9.17) is 5.73 Å². The van der Waals surface area contributed by atoms with Gasteiger partial charge in [-0.15, -0.1) is 0 Å². The summed E-state index contributed by atoms with van der Waals surface area (Å²) in [7, 11) is 1.80. The molecule has 1 unspecified atom stereocenters. The molecule has 0 radical (unpaired) electrons. The lowest BCUT2D eigenvalue weighted by molar-refractivity contribution is -0.104. The topological polar surface area (TPSA) is 94.3 Å². The van der Waals surface area contributed by atoms with Crippen LogP contribution in [0.5, 0.6) is 0 Å². The predicted molar refractivity (Wildman–Crippen MR) is 110 cm³/mol. The number of nitrogens with two attached hydrogens (primary N) is 1. The number of hydrogen-bond acceptors (Lipinski definition) is 5. The minimum Gasteiger partial charge on any atom is -0.381 e. The minimum absolute atomic E-state index is 0.109. The summed E-state index contributed by atoms with van der Waals surface area (Å²) in [5, 5.41) is 14.7. The molecule has 0 aliphatic rings. The molecule has 7 nitrogen and oxygen atoms in total. The van der Waals surface area contributed by atoms with Crippen molar-refractivity contribution in [1.82, 2.24) is 24.1 Å². The van der Waals surface area contributed by atoms with Gasteiger partial charge in [-0.2, -0.15) is 5.10 Å². The molecule has 0 amide bonds. The molecule has 9 heteroatoms. The van der Waals surface area contributed by atoms with Crippen molar-refractivity contribution >= 4 is 11.5 Å². The Labute approximate surface area is 171 Å². The highest BCUT2D eigenvalue weighted by Gasteiger charge is 2.38. The van der Waals surface area contributed by atoms with Gasteiger partial charge in [0, 0.05) is 25.0 Å². The van der Waals surface area contributed by atoms with Gasteiger partial charge in [-0.25, -0.2) is 18.7 Å². The molecule has 3 aromatic heterocycles. The first kappa shape index (κ1) is 20.0. The summed E-state index contributed by atoms with van der Waals surface area (Å²) in [6.07, 6.45) is 2.06. The number of anilines is 1. The summed E-state index contributed by atoms with van der Waals surface area (Å²) < 4.78 is 30.7. The van der Waals surface area contributed by atoms with Gasteiger partial charge >= 0.3 is 0 Å². The standard InChI is InChI=1S/C21H22F2N6O/c1-4-21(30,20(22)23)13-6-5-12(2)14(9-13)17-10-25-19-18(24)27-15(11-29(17)19)16-7-8-26-28(16)3/h5-11,20,30H,4H2,1-3H3,(H2,24,27). The van der Waals surface area contributed by atoms with Crippen molar-refractivity contribution in [2.75, 3.05) is 5.73 Å². The van der Waals surface area contributed by atoms with Crippen molar-refractivity contribution in [1.29, 1.82) is 0 Å². The van der Waals surface area contributed by atoms with Crippen LogP contribution >= 0.6 is 0 Å². The van der Waals surface area contributed by atoms with E-state index >= 15 is 0 Å². The van der Waals surface area contributed by atoms with Crippen molar-refractivity contribution in [2.45, 2.75) is 32.3 Å². The molecule has 0 fully saturated rings. The Morgan fingerprint density at radius 3 is 2.63 bits per heavy atom. The maximum atomic E-state index is 13.6. The molecule has 156 valence electrons. The van der Waals surface area contributed by atoms with Crippen molar-refractivity contribution < 1.29 is 13.9 Å². The molecule has 4 aromatic rings. The number of aliphatic hydroxyl groups is 1. The highest BCUT2D eigenvalue weighted by molar-refractivity contribution is 5.74. The number of aromatic nitrogens is 5. The third-order valence-electron chi connectivity index (χ3n) is 5.52. The molecule has 0 saturated heterocycles. The summed E-state index contributed by atoms with van der Waals surface area (Å²) in [6.45, 7) is 3.41. The molecule has 0 saturated carbocycles. The lowest BCUT2D eigenvalue weighted by Crippen LogP contribution is -2.33. The fourth-order valence-electron chi connectivity index (χ4n) is 3.61. The Morgan fingerprint density at radius 2 is 2.00 bits per heavy atom. The Morgan fingerprint density at radius 1 is 1.23 bits per heavy atom. The maximum Gasteiger partial charge on any atom is 0.270 e. The van der Waals surface area contributed by atoms with Gasteiger partial charge in [0.05, 0.1) is 17.6 Å². The number of benzene rings is 1. The van der Waals surface area contributed by atoms with Gasteiger partial charge < -0.3 is 10.8 Å². The van der Waals surface area contributed by atoms with Crippen LogP contribution < -0.4 is 5.73 Å². The maximum absolute atomic E-state index is 13.6. The van der Waals surface area contributed by atoms with E-state index in [0.717, 1.165) is 11.3 Å². The number of fused-ring (bicyclic) bond motifs is 1. The average molecular weight is 412 g/mol. The van der Waals surface area contributed by atoms with Gasteiger partial charge in [0.1, 0.15) is 11.3 Å². The SMILES string of the molecule is CCC(O)(c1ccc(C)c(-c2cnc3c(N)nc(-c4ccnn4C)cn23)c1)C(F)F. The molecule has 0 aliphatic carbocycles. The molecule has 30 heavy (non-hydrogen) atoms. The number of nitrogens with zero attached hydrogens (tertiary/aromatic N) is 5. The van der Waals surface area contributed by atoms with Crippen molar-refractivity contribution in [3.63, 3.8) is 0 Å². The van der Waals surface area contributed by atoms with Crippen LogP contribution in [0.15, 0.2) is 42.9 Å². The summed E-state index contributed by atoms with van der Waals surface area (Å²) in [4.78, 5) is 8.79. The second-order valence-electron chi connectivity index (χ2n) is 7.30. The minimum atomic E-state index is -2.91. The second kappa shape index (κ2) is 7.17. The third-order valence-corrected chi connectivity index (χ3v) is 5.52. The van der Waals surface area contributed by atoms with Gasteiger partial charge in [0.2, 0.25) is 0 Å². The van der Waals surface area contributed by atoms with Gasteiger partial charge in [0.15, 0.2) is 11.5 Å². The van der Waals surface area contributed by atoms with E-state index in [1.807, 2.05) is 13.0 Å². The van der Waals surface area contributed by atoms with Crippen molar-refractivity contribution in [3.05, 3.63) is 54.0 Å². The molecule has 3 heterocycles. The summed E-state index contributed by atoms with van der Waals surface area (Å²) in [6, 6.07) is 6.67. The van der Waals surface area contributed by atoms with E-state index in [1.54, 1.807) is 46.9 Å². The molecule has 3 N–H and O–H groups in total. The molecule has 1 atom stereocenters. The van der Waals surface area contributed by atoms with Crippen LogP contribution in [0.25, 0.3) is 28.3 Å². The molecule has 0 bridgehead atoms. The van der Waals surface area contributed by atoms with Crippen LogP contribution in [0, 0.1) is 6.92 Å². The molecular weight excluding hydrogens is 390 g/mol. The summed E-state index contributed by atoms with van der Waals surface area (Å²) >= 11 is 0. The Kier molecular flexibility index (Phi) is 4.77. The quantitative estimate of drug-likeness (QED) is 0.523. The van der Waals surface area contributed by atoms with Crippen LogP contribution in [0.3, 0.4) is 0 Å². The smallest absolute Gasteiger partial charge is 0.270 e. The highest BCUT2D eigenvalue weighted by Crippen LogP contribution is 2.36. The Bertz CT molecular complexity index is 1230. The monoisotopic (exact) mass is 412 g/mol. The zero-order chi connectivity index (χ0) is 21.6. The first-order valence-corrected chi connectivity index (χ1v) is 9.50. The van der Waals surface area contributed by atoms with Crippen LogP contribution in [0.2, 0.25) is 0 Å². The number of imidazole rings is 1. The van der Waals surface area contributed by atoms with Gasteiger partial charge in [-0.3, -0.25) is 9.08 Å². The number of aryl methyl sites for hydroxylation is 2. The predicted octanol–water partition coefficient (Wildman–Crippen LogP) is 3.55. The summed E-state index contributed by atoms with van der Waals surface area (Å²) in [5.41, 5.74) is 8.10. The molecule has 0 spiro atoms. The van der Waals surface area contributed by atoms with E-state index in [2.05, 4.69) is 15.1 Å². The van der Waals surface area contributed by atoms with Crippen LogP contribution in [-0.2, 0) is 12.6 Å². The van der Waals surface area contributed by atoms with E-state index in [1.165, 1.54) is 13.0 Å². The third kappa shape index (κ3) is 3.02. The van der Waals surface area contributed by atoms with Crippen molar-refractivity contribution in [2.24, 2.45) is 7.05 Å². The first-order chi connectivity index (χ1) is 14.3. The lowest BCUT2D eigenvalue weighted by Gasteiger charge is -2.27. The first-order valence-electron chi connectivity index (χ1n) is 9.50. The largest absolute Gasteiger partial charge is 0.381 e. The zero-order valence-electron chi connectivity index (χ0n) is 16.8. The van der Waals surface area contributed by atoms with Crippen molar-refractivity contribution in [3.8, 4) is 22.6 Å². The number of hydrogen-bond donors (Lipinski definition) is 2. The fourth-order valence-corrected chi connectivity index (χ4v) is 3.61. The Hall–Kier alpha value is -3.33. The number of halogens is 2. The Balaban J connectivity index is 1.93. The molecule has 1 aromatic carbocycles. The summed E-state index contributed by atoms with van der Waals surface area (Å²) in [5.74, 6) is 0.242. The van der Waals surface area contributed by atoms with Gasteiger partial charge in [-0.1, -0.05) is 19.1 Å². The number of rotatable bonds is 5. The molecule has 4 rings (SSSR count). The normalized spacial score (nSPS) is 13.8. The average Bonchev–Trinajstić information content (AvgIpc) is 3.34. The molecule has 0 aliphatic heterocycles. The fraction of sp³-hybridized carbons (Fsp3) is 0.286. The van der Waals surface area contributed by atoms with E-state index in [-0.39, 0.29) is 17.8 Å². The van der Waals surface area contributed by atoms with E-state index in [0.29, 0.717) is 22.6 Å².